The van der Waals surface area contributed by atoms with Crippen LogP contribution in [-0.4, -0.2) is 29.8 Å². The van der Waals surface area contributed by atoms with Crippen LogP contribution in [0.4, 0.5) is 0 Å². The van der Waals surface area contributed by atoms with Crippen molar-refractivity contribution in [2.45, 2.75) is 26.7 Å². The van der Waals surface area contributed by atoms with Gasteiger partial charge in [-0.25, -0.2) is 0 Å². The van der Waals surface area contributed by atoms with Crippen LogP contribution < -0.4 is 5.73 Å². The predicted molar refractivity (Wildman–Crippen MR) is 66.0 cm³/mol. The molecule has 0 unspecified atom stereocenters. The molecule has 0 radical (unpaired) electrons. The van der Waals surface area contributed by atoms with E-state index in [-0.39, 0.29) is 17.7 Å². The predicted octanol–water partition coefficient (Wildman–Crippen LogP) is 1.23. The van der Waals surface area contributed by atoms with Gasteiger partial charge in [-0.15, -0.1) is 0 Å². The molecule has 98 valence electrons. The lowest BCUT2D eigenvalue weighted by Gasteiger charge is -2.30. The Morgan fingerprint density at radius 2 is 1.94 bits per heavy atom. The highest BCUT2D eigenvalue weighted by Gasteiger charge is 2.28. The van der Waals surface area contributed by atoms with Gasteiger partial charge < -0.3 is 15.1 Å². The van der Waals surface area contributed by atoms with Crippen LogP contribution in [0.3, 0.4) is 0 Å². The maximum Gasteiger partial charge on any atom is 0.257 e. The number of nitrogens with two attached hydrogens (primary N) is 1. The Balaban J connectivity index is 2.06. The van der Waals surface area contributed by atoms with E-state index in [9.17, 15) is 9.59 Å². The van der Waals surface area contributed by atoms with E-state index < -0.39 is 0 Å². The zero-order chi connectivity index (χ0) is 13.3. The fourth-order valence-electron chi connectivity index (χ4n) is 2.42. The number of nitrogens with zero attached hydrogens (tertiary/aromatic N) is 1. The largest absolute Gasteiger partial charge is 0.469 e. The van der Waals surface area contributed by atoms with E-state index in [1.54, 1.807) is 18.1 Å². The van der Waals surface area contributed by atoms with Crippen molar-refractivity contribution in [2.24, 2.45) is 11.7 Å². The van der Waals surface area contributed by atoms with E-state index in [2.05, 4.69) is 0 Å². The third-order valence-electron chi connectivity index (χ3n) is 3.56. The number of rotatable bonds is 2. The average Bonchev–Trinajstić information content (AvgIpc) is 2.68. The standard InChI is InChI=1S/C13H18N2O3/c1-8-7-18-9(2)11(8)13(17)15-5-3-10(4-6-15)12(14)16/h7,10H,3-6H2,1-2H3,(H2,14,16). The van der Waals surface area contributed by atoms with Crippen molar-refractivity contribution in [1.29, 1.82) is 0 Å². The highest BCUT2D eigenvalue weighted by atomic mass is 16.3. The molecule has 1 aliphatic heterocycles. The van der Waals surface area contributed by atoms with E-state index in [1.807, 2.05) is 6.92 Å². The number of hydrogen-bond acceptors (Lipinski definition) is 3. The van der Waals surface area contributed by atoms with Gasteiger partial charge in [0, 0.05) is 24.6 Å². The smallest absolute Gasteiger partial charge is 0.257 e. The lowest BCUT2D eigenvalue weighted by atomic mass is 9.95. The fourth-order valence-corrected chi connectivity index (χ4v) is 2.42. The summed E-state index contributed by atoms with van der Waals surface area (Å²) in [6, 6.07) is 0. The number of likely N-dealkylation sites (tertiary alicyclic amines) is 1. The van der Waals surface area contributed by atoms with Crippen molar-refractivity contribution in [3.05, 3.63) is 23.2 Å². The van der Waals surface area contributed by atoms with Crippen LogP contribution in [0.15, 0.2) is 10.7 Å². The van der Waals surface area contributed by atoms with Crippen LogP contribution in [-0.2, 0) is 4.79 Å². The van der Waals surface area contributed by atoms with Gasteiger partial charge in [0.2, 0.25) is 5.91 Å². The summed E-state index contributed by atoms with van der Waals surface area (Å²) in [5.41, 5.74) is 6.78. The topological polar surface area (TPSA) is 76.5 Å². The van der Waals surface area contributed by atoms with Gasteiger partial charge in [-0.2, -0.15) is 0 Å². The first-order chi connectivity index (χ1) is 8.50. The van der Waals surface area contributed by atoms with E-state index in [0.717, 1.165) is 5.56 Å². The average molecular weight is 250 g/mol. The summed E-state index contributed by atoms with van der Waals surface area (Å²) in [5.74, 6) is 0.273. The Kier molecular flexibility index (Phi) is 3.41. The first-order valence-corrected chi connectivity index (χ1v) is 6.14. The van der Waals surface area contributed by atoms with E-state index in [4.69, 9.17) is 10.2 Å². The number of piperidine rings is 1. The normalized spacial score (nSPS) is 16.9. The van der Waals surface area contributed by atoms with Crippen LogP contribution in [0.1, 0.15) is 34.5 Å². The third-order valence-corrected chi connectivity index (χ3v) is 3.56. The maximum absolute atomic E-state index is 12.3. The molecular weight excluding hydrogens is 232 g/mol. The molecule has 0 bridgehead atoms. The second-order valence-electron chi connectivity index (χ2n) is 4.82. The summed E-state index contributed by atoms with van der Waals surface area (Å²) in [6.45, 7) is 4.81. The quantitative estimate of drug-likeness (QED) is 0.857. The lowest BCUT2D eigenvalue weighted by Crippen LogP contribution is -2.42. The van der Waals surface area contributed by atoms with Crippen molar-refractivity contribution >= 4 is 11.8 Å². The molecule has 2 rings (SSSR count). The molecule has 0 atom stereocenters. The molecule has 1 aromatic rings. The van der Waals surface area contributed by atoms with Gasteiger partial charge in [-0.3, -0.25) is 9.59 Å². The number of furan rings is 1. The number of hydrogen-bond donors (Lipinski definition) is 1. The van der Waals surface area contributed by atoms with Gasteiger partial charge in [0.05, 0.1) is 11.8 Å². The minimum absolute atomic E-state index is 0.0123. The number of primary amides is 1. The van der Waals surface area contributed by atoms with Gasteiger partial charge in [-0.1, -0.05) is 0 Å². The summed E-state index contributed by atoms with van der Waals surface area (Å²) in [6.07, 6.45) is 2.90. The van der Waals surface area contributed by atoms with Gasteiger partial charge >= 0.3 is 0 Å². The van der Waals surface area contributed by atoms with Crippen LogP contribution in [0.2, 0.25) is 0 Å². The molecule has 2 heterocycles. The molecule has 1 aromatic heterocycles. The molecule has 2 amide bonds. The zero-order valence-corrected chi connectivity index (χ0v) is 10.7. The molecule has 1 aliphatic rings. The molecular formula is C13H18N2O3. The molecule has 0 aliphatic carbocycles. The molecule has 2 N–H and O–H groups in total. The Morgan fingerprint density at radius 3 is 2.39 bits per heavy atom. The molecule has 18 heavy (non-hydrogen) atoms. The van der Waals surface area contributed by atoms with Crippen LogP contribution >= 0.6 is 0 Å². The molecule has 1 fully saturated rings. The molecule has 0 spiro atoms. The number of carbonyl (C=O) groups excluding carboxylic acids is 2. The second-order valence-corrected chi connectivity index (χ2v) is 4.82. The van der Waals surface area contributed by atoms with Gasteiger partial charge in [0.15, 0.2) is 0 Å². The fraction of sp³-hybridized carbons (Fsp3) is 0.538. The van der Waals surface area contributed by atoms with Crippen molar-refractivity contribution in [3.8, 4) is 0 Å². The minimum atomic E-state index is -0.266. The zero-order valence-electron chi connectivity index (χ0n) is 10.7. The molecule has 1 saturated heterocycles. The summed E-state index contributed by atoms with van der Waals surface area (Å²) in [7, 11) is 0. The monoisotopic (exact) mass is 250 g/mol. The Bertz CT molecular complexity index is 451. The highest BCUT2D eigenvalue weighted by Crippen LogP contribution is 2.22. The summed E-state index contributed by atoms with van der Waals surface area (Å²) in [4.78, 5) is 25.2. The van der Waals surface area contributed by atoms with Crippen LogP contribution in [0, 0.1) is 19.8 Å². The number of aryl methyl sites for hydroxylation is 2. The first-order valence-electron chi connectivity index (χ1n) is 6.14. The Hall–Kier alpha value is -1.78. The summed E-state index contributed by atoms with van der Waals surface area (Å²) >= 11 is 0. The van der Waals surface area contributed by atoms with Crippen molar-refractivity contribution in [2.75, 3.05) is 13.1 Å². The highest BCUT2D eigenvalue weighted by molar-refractivity contribution is 5.96. The van der Waals surface area contributed by atoms with E-state index in [1.165, 1.54) is 0 Å². The van der Waals surface area contributed by atoms with Crippen molar-refractivity contribution in [1.82, 2.24) is 4.90 Å². The molecule has 5 heteroatoms. The molecule has 0 saturated carbocycles. The summed E-state index contributed by atoms with van der Waals surface area (Å²) < 4.78 is 5.24. The SMILES string of the molecule is Cc1coc(C)c1C(=O)N1CCC(C(N)=O)CC1. The maximum atomic E-state index is 12.3. The van der Waals surface area contributed by atoms with Gasteiger partial charge in [-0.05, 0) is 26.7 Å². The van der Waals surface area contributed by atoms with E-state index >= 15 is 0 Å². The Labute approximate surface area is 106 Å². The van der Waals surface area contributed by atoms with E-state index in [0.29, 0.717) is 37.3 Å². The van der Waals surface area contributed by atoms with Crippen molar-refractivity contribution in [3.63, 3.8) is 0 Å². The number of carbonyl (C=O) groups is 2. The van der Waals surface area contributed by atoms with Gasteiger partial charge in [0.1, 0.15) is 5.76 Å². The Morgan fingerprint density at radius 1 is 1.33 bits per heavy atom. The number of amides is 2. The summed E-state index contributed by atoms with van der Waals surface area (Å²) in [5, 5.41) is 0. The molecule has 5 nitrogen and oxygen atoms in total. The second kappa shape index (κ2) is 4.84. The van der Waals surface area contributed by atoms with Crippen molar-refractivity contribution < 1.29 is 14.0 Å². The third kappa shape index (κ3) is 2.25. The molecule has 0 aromatic carbocycles. The van der Waals surface area contributed by atoms with Gasteiger partial charge in [0.25, 0.3) is 5.91 Å². The first kappa shape index (κ1) is 12.7. The van der Waals surface area contributed by atoms with Crippen LogP contribution in [0.25, 0.3) is 0 Å². The lowest BCUT2D eigenvalue weighted by molar-refractivity contribution is -0.123. The minimum Gasteiger partial charge on any atom is -0.469 e. The van der Waals surface area contributed by atoms with Crippen LogP contribution in [0.5, 0.6) is 0 Å².